The van der Waals surface area contributed by atoms with E-state index in [0.29, 0.717) is 30.7 Å². The Bertz CT molecular complexity index is 2430. The number of carbonyl (C=O) groups is 1. The standard InChI is InChI=1S/C28H30N6O.C20H22ClN5/c35-27(30-20-22-9-3-1-4-10-22)19-26-31-32-28(34(26)21-23-11-5-2-6-12-23)24-14-17-33(18-15-24)25-13-7-8-16-29-25;1-15-23-24-20(26(15)14-16-5-4-6-18(21)13-16)17-8-11-25(12-9-17)19-7-2-3-10-22-19/h1-13,16,24H,14-15,17-21H2,(H,30,35);2-7,10,13,17H,8-9,11-12,14H2,1H3. The van der Waals surface area contributed by atoms with Crippen LogP contribution in [0, 0.1) is 6.92 Å². The predicted octanol–water partition coefficient (Wildman–Crippen LogP) is 8.03. The Hall–Kier alpha value is -6.40. The van der Waals surface area contributed by atoms with E-state index in [1.165, 1.54) is 11.1 Å². The third kappa shape index (κ3) is 10.9. The number of rotatable bonds is 12. The molecule has 0 atom stereocenters. The van der Waals surface area contributed by atoms with Crippen LogP contribution in [-0.2, 0) is 30.8 Å². The van der Waals surface area contributed by atoms with Crippen molar-refractivity contribution in [1.82, 2.24) is 44.8 Å². The quantitative estimate of drug-likeness (QED) is 0.130. The van der Waals surface area contributed by atoms with Crippen molar-refractivity contribution < 1.29 is 4.79 Å². The maximum Gasteiger partial charge on any atom is 0.227 e. The Kier molecular flexibility index (Phi) is 13.7. The number of hydrogen-bond acceptors (Lipinski definition) is 9. The van der Waals surface area contributed by atoms with Gasteiger partial charge in [-0.1, -0.05) is 96.5 Å². The second-order valence-corrected chi connectivity index (χ2v) is 16.1. The average Bonchev–Trinajstić information content (AvgIpc) is 3.88. The minimum Gasteiger partial charge on any atom is -0.357 e. The molecule has 2 aliphatic rings. The summed E-state index contributed by atoms with van der Waals surface area (Å²) in [6.07, 6.45) is 7.97. The third-order valence-corrected chi connectivity index (χ3v) is 11.8. The van der Waals surface area contributed by atoms with Gasteiger partial charge in [-0.25, -0.2) is 9.97 Å². The molecule has 1 N–H and O–H groups in total. The van der Waals surface area contributed by atoms with Crippen LogP contribution in [0.1, 0.15) is 77.5 Å². The molecule has 1 amide bonds. The molecule has 2 fully saturated rings. The van der Waals surface area contributed by atoms with E-state index in [1.807, 2.05) is 110 Å². The second kappa shape index (κ2) is 20.2. The molecule has 2 saturated heterocycles. The topological polar surface area (TPSA) is 123 Å². The summed E-state index contributed by atoms with van der Waals surface area (Å²) in [7, 11) is 0. The molecule has 9 rings (SSSR count). The van der Waals surface area contributed by atoms with Crippen LogP contribution in [0.4, 0.5) is 11.6 Å². The van der Waals surface area contributed by atoms with Crippen LogP contribution in [0.5, 0.6) is 0 Å². The summed E-state index contributed by atoms with van der Waals surface area (Å²) in [5.74, 6) is 6.47. The fourth-order valence-electron chi connectivity index (χ4n) is 8.25. The molecular formula is C48H52ClN11O. The summed E-state index contributed by atoms with van der Waals surface area (Å²) in [6, 6.07) is 40.3. The van der Waals surface area contributed by atoms with E-state index in [4.69, 9.17) is 11.6 Å². The minimum absolute atomic E-state index is 0.0490. The molecule has 6 heterocycles. The molecule has 0 unspecified atom stereocenters. The lowest BCUT2D eigenvalue weighted by molar-refractivity contribution is -0.120. The summed E-state index contributed by atoms with van der Waals surface area (Å²) in [6.45, 7) is 7.77. The molecule has 0 radical (unpaired) electrons. The van der Waals surface area contributed by atoms with Crippen LogP contribution in [0.15, 0.2) is 134 Å². The fraction of sp³-hybridized carbons (Fsp3) is 0.312. The first-order valence-corrected chi connectivity index (χ1v) is 21.6. The van der Waals surface area contributed by atoms with Gasteiger partial charge in [-0.05, 0) is 85.7 Å². The average molecular weight is 834 g/mol. The summed E-state index contributed by atoms with van der Waals surface area (Å²) in [5.41, 5.74) is 3.42. The van der Waals surface area contributed by atoms with Gasteiger partial charge in [-0.15, -0.1) is 20.4 Å². The molecule has 0 spiro atoms. The predicted molar refractivity (Wildman–Crippen MR) is 240 cm³/mol. The normalized spacial score (nSPS) is 14.7. The highest BCUT2D eigenvalue weighted by Crippen LogP contribution is 2.31. The molecule has 12 nitrogen and oxygen atoms in total. The second-order valence-electron chi connectivity index (χ2n) is 15.7. The molecule has 3 aromatic carbocycles. The molecule has 0 aliphatic carbocycles. The molecule has 13 heteroatoms. The Balaban J connectivity index is 0.000000176. The molecular weight excluding hydrogens is 782 g/mol. The number of amides is 1. The first-order valence-electron chi connectivity index (χ1n) is 21.2. The monoisotopic (exact) mass is 833 g/mol. The highest BCUT2D eigenvalue weighted by atomic mass is 35.5. The van der Waals surface area contributed by atoms with Gasteiger partial charge in [-0.2, -0.15) is 0 Å². The Morgan fingerprint density at radius 1 is 0.607 bits per heavy atom. The van der Waals surface area contributed by atoms with Crippen molar-refractivity contribution in [1.29, 1.82) is 0 Å². The molecule has 7 aromatic rings. The van der Waals surface area contributed by atoms with Gasteiger partial charge >= 0.3 is 0 Å². The number of nitrogens with one attached hydrogen (secondary N) is 1. The van der Waals surface area contributed by atoms with E-state index in [0.717, 1.165) is 98.1 Å². The molecule has 61 heavy (non-hydrogen) atoms. The number of benzene rings is 3. The van der Waals surface area contributed by atoms with Crippen LogP contribution < -0.4 is 15.1 Å². The highest BCUT2D eigenvalue weighted by molar-refractivity contribution is 6.30. The number of piperidine rings is 2. The van der Waals surface area contributed by atoms with E-state index in [9.17, 15) is 4.79 Å². The van der Waals surface area contributed by atoms with E-state index < -0.39 is 0 Å². The summed E-state index contributed by atoms with van der Waals surface area (Å²) in [5, 5.41) is 21.7. The Morgan fingerprint density at radius 2 is 1.13 bits per heavy atom. The zero-order valence-corrected chi connectivity index (χ0v) is 35.4. The molecule has 4 aromatic heterocycles. The third-order valence-electron chi connectivity index (χ3n) is 11.6. The summed E-state index contributed by atoms with van der Waals surface area (Å²) in [4.78, 5) is 26.4. The number of aryl methyl sites for hydroxylation is 1. The van der Waals surface area contributed by atoms with Crippen LogP contribution in [0.2, 0.25) is 5.02 Å². The number of nitrogens with zero attached hydrogens (tertiary/aromatic N) is 10. The lowest BCUT2D eigenvalue weighted by Gasteiger charge is -2.32. The number of anilines is 2. The Labute approximate surface area is 362 Å². The molecule has 0 bridgehead atoms. The minimum atomic E-state index is -0.0490. The number of halogens is 1. The largest absolute Gasteiger partial charge is 0.357 e. The van der Waals surface area contributed by atoms with Crippen molar-refractivity contribution in [2.45, 2.75) is 70.5 Å². The van der Waals surface area contributed by atoms with E-state index in [-0.39, 0.29) is 12.3 Å². The van der Waals surface area contributed by atoms with E-state index >= 15 is 0 Å². The number of aromatic nitrogens is 8. The lowest BCUT2D eigenvalue weighted by Crippen LogP contribution is -2.34. The maximum absolute atomic E-state index is 12.8. The summed E-state index contributed by atoms with van der Waals surface area (Å²) >= 11 is 6.14. The first-order chi connectivity index (χ1) is 30.0. The number of pyridine rings is 2. The van der Waals surface area contributed by atoms with Crippen LogP contribution in [0.25, 0.3) is 0 Å². The van der Waals surface area contributed by atoms with Crippen molar-refractivity contribution in [2.75, 3.05) is 36.0 Å². The summed E-state index contributed by atoms with van der Waals surface area (Å²) < 4.78 is 4.38. The van der Waals surface area contributed by atoms with E-state index in [1.54, 1.807) is 0 Å². The van der Waals surface area contributed by atoms with Crippen molar-refractivity contribution in [2.24, 2.45) is 0 Å². The van der Waals surface area contributed by atoms with Crippen LogP contribution in [-0.4, -0.2) is 71.6 Å². The van der Waals surface area contributed by atoms with Gasteiger partial charge < -0.3 is 24.3 Å². The number of hydrogen-bond donors (Lipinski definition) is 1. The maximum atomic E-state index is 12.8. The van der Waals surface area contributed by atoms with Gasteiger partial charge in [0, 0.05) is 62.0 Å². The fourth-order valence-corrected chi connectivity index (χ4v) is 8.46. The van der Waals surface area contributed by atoms with Crippen LogP contribution in [0.3, 0.4) is 0 Å². The zero-order chi connectivity index (χ0) is 41.8. The Morgan fingerprint density at radius 3 is 1.70 bits per heavy atom. The molecule has 2 aliphatic heterocycles. The van der Waals surface area contributed by atoms with Gasteiger partial charge in [0.15, 0.2) is 0 Å². The lowest BCUT2D eigenvalue weighted by atomic mass is 9.95. The van der Waals surface area contributed by atoms with Crippen molar-refractivity contribution >= 4 is 29.1 Å². The highest BCUT2D eigenvalue weighted by Gasteiger charge is 2.28. The molecule has 0 saturated carbocycles. The van der Waals surface area contributed by atoms with Gasteiger partial charge in [-0.3, -0.25) is 4.79 Å². The van der Waals surface area contributed by atoms with Gasteiger partial charge in [0.1, 0.15) is 34.9 Å². The zero-order valence-electron chi connectivity index (χ0n) is 34.6. The smallest absolute Gasteiger partial charge is 0.227 e. The van der Waals surface area contributed by atoms with Gasteiger partial charge in [0.05, 0.1) is 19.5 Å². The first kappa shape index (κ1) is 41.3. The SMILES string of the molecule is Cc1nnc(C2CCN(c3ccccn3)CC2)n1Cc1cccc(Cl)c1.O=C(Cc1nnc(C2CCN(c3ccccn3)CC2)n1Cc1ccccc1)NCc1ccccc1. The van der Waals surface area contributed by atoms with Crippen LogP contribution >= 0.6 is 11.6 Å². The van der Waals surface area contributed by atoms with Crippen molar-refractivity contribution in [3.63, 3.8) is 0 Å². The van der Waals surface area contributed by atoms with Gasteiger partial charge in [0.25, 0.3) is 0 Å². The van der Waals surface area contributed by atoms with E-state index in [2.05, 4.69) is 84.9 Å². The van der Waals surface area contributed by atoms with Gasteiger partial charge in [0.2, 0.25) is 5.91 Å². The molecule has 312 valence electrons. The number of carbonyl (C=O) groups excluding carboxylic acids is 1. The van der Waals surface area contributed by atoms with Crippen molar-refractivity contribution in [3.05, 3.63) is 179 Å². The van der Waals surface area contributed by atoms with Crippen molar-refractivity contribution in [3.8, 4) is 0 Å².